The smallest absolute Gasteiger partial charge is 0.340 e. The van der Waals surface area contributed by atoms with E-state index in [1.54, 1.807) is 6.07 Å². The molecule has 22 heavy (non-hydrogen) atoms. The second-order valence-corrected chi connectivity index (χ2v) is 5.13. The zero-order valence-corrected chi connectivity index (χ0v) is 13.0. The van der Waals surface area contributed by atoms with Crippen molar-refractivity contribution >= 4 is 29.2 Å². The molecule has 2 rings (SSSR count). The maximum absolute atomic E-state index is 11.8. The van der Waals surface area contributed by atoms with E-state index in [0.717, 1.165) is 11.1 Å². The number of esters is 1. The lowest BCUT2D eigenvalue weighted by Gasteiger charge is -2.10. The molecule has 0 bridgehead atoms. The summed E-state index contributed by atoms with van der Waals surface area (Å²) in [5, 5.41) is 3.00. The minimum Gasteiger partial charge on any atom is -0.452 e. The van der Waals surface area contributed by atoms with Crippen LogP contribution in [0.3, 0.4) is 0 Å². The van der Waals surface area contributed by atoms with E-state index in [1.807, 2.05) is 26.0 Å². The zero-order valence-electron chi connectivity index (χ0n) is 12.2. The van der Waals surface area contributed by atoms with Crippen LogP contribution < -0.4 is 5.32 Å². The number of aryl methyl sites for hydroxylation is 1. The van der Waals surface area contributed by atoms with Gasteiger partial charge in [-0.3, -0.25) is 4.79 Å². The van der Waals surface area contributed by atoms with E-state index >= 15 is 0 Å². The number of pyridine rings is 1. The minimum atomic E-state index is -0.625. The number of amides is 1. The molecule has 0 fully saturated rings. The van der Waals surface area contributed by atoms with E-state index in [0.29, 0.717) is 5.69 Å². The highest BCUT2D eigenvalue weighted by atomic mass is 35.5. The van der Waals surface area contributed by atoms with Gasteiger partial charge < -0.3 is 10.1 Å². The highest BCUT2D eigenvalue weighted by Crippen LogP contribution is 2.17. The van der Waals surface area contributed by atoms with Crippen LogP contribution in [-0.4, -0.2) is 23.5 Å². The topological polar surface area (TPSA) is 68.3 Å². The number of benzene rings is 1. The Balaban J connectivity index is 1.91. The Hall–Kier alpha value is -2.40. The Kier molecular flexibility index (Phi) is 5.12. The minimum absolute atomic E-state index is 0.240. The fourth-order valence-electron chi connectivity index (χ4n) is 1.78. The van der Waals surface area contributed by atoms with Crippen molar-refractivity contribution < 1.29 is 14.3 Å². The Labute approximate surface area is 133 Å². The zero-order chi connectivity index (χ0) is 16.1. The molecule has 1 heterocycles. The number of hydrogen-bond donors (Lipinski definition) is 1. The van der Waals surface area contributed by atoms with Crippen LogP contribution in [-0.2, 0) is 9.53 Å². The fraction of sp³-hybridized carbons (Fsp3) is 0.188. The Morgan fingerprint density at radius 3 is 2.68 bits per heavy atom. The van der Waals surface area contributed by atoms with Crippen LogP contribution in [0.2, 0.25) is 5.15 Å². The number of ether oxygens (including phenoxy) is 1. The molecule has 1 aromatic heterocycles. The largest absolute Gasteiger partial charge is 0.452 e. The van der Waals surface area contributed by atoms with Crippen LogP contribution in [0.1, 0.15) is 21.5 Å². The van der Waals surface area contributed by atoms with Gasteiger partial charge in [-0.25, -0.2) is 9.78 Å². The first-order valence-electron chi connectivity index (χ1n) is 6.62. The molecule has 1 aromatic carbocycles. The number of anilines is 1. The van der Waals surface area contributed by atoms with E-state index in [4.69, 9.17) is 16.3 Å². The molecule has 6 heteroatoms. The van der Waals surface area contributed by atoms with E-state index in [2.05, 4.69) is 10.3 Å². The van der Waals surface area contributed by atoms with Crippen LogP contribution >= 0.6 is 11.6 Å². The van der Waals surface area contributed by atoms with Gasteiger partial charge in [0.1, 0.15) is 5.15 Å². The Morgan fingerprint density at radius 2 is 2.00 bits per heavy atom. The van der Waals surface area contributed by atoms with Crippen molar-refractivity contribution in [3.8, 4) is 0 Å². The average molecular weight is 319 g/mol. The van der Waals surface area contributed by atoms with E-state index in [9.17, 15) is 9.59 Å². The number of nitrogens with zero attached hydrogens (tertiary/aromatic N) is 1. The number of hydrogen-bond acceptors (Lipinski definition) is 4. The second-order valence-electron chi connectivity index (χ2n) is 4.74. The molecule has 0 saturated heterocycles. The summed E-state index contributed by atoms with van der Waals surface area (Å²) in [5.74, 6) is -1.02. The van der Waals surface area contributed by atoms with Gasteiger partial charge in [-0.2, -0.15) is 0 Å². The highest BCUT2D eigenvalue weighted by Gasteiger charge is 2.11. The molecule has 1 amide bonds. The molecule has 5 nitrogen and oxygen atoms in total. The molecule has 2 aromatic rings. The summed E-state index contributed by atoms with van der Waals surface area (Å²) in [4.78, 5) is 27.4. The number of carbonyl (C=O) groups excluding carboxylic acids is 2. The number of nitrogens with one attached hydrogen (secondary N) is 1. The fourth-order valence-corrected chi connectivity index (χ4v) is 1.90. The van der Waals surface area contributed by atoms with Crippen LogP contribution in [0, 0.1) is 13.8 Å². The predicted octanol–water partition coefficient (Wildman–Crippen LogP) is 3.15. The van der Waals surface area contributed by atoms with Crippen molar-refractivity contribution in [2.75, 3.05) is 11.9 Å². The highest BCUT2D eigenvalue weighted by molar-refractivity contribution is 6.29. The van der Waals surface area contributed by atoms with Crippen LogP contribution in [0.15, 0.2) is 36.5 Å². The third-order valence-corrected chi connectivity index (χ3v) is 3.40. The molecule has 0 spiro atoms. The van der Waals surface area contributed by atoms with E-state index in [-0.39, 0.29) is 17.3 Å². The summed E-state index contributed by atoms with van der Waals surface area (Å²) in [7, 11) is 0. The van der Waals surface area contributed by atoms with Crippen molar-refractivity contribution in [3.05, 3.63) is 58.4 Å². The van der Waals surface area contributed by atoms with Crippen molar-refractivity contribution in [1.29, 1.82) is 0 Å². The normalized spacial score (nSPS) is 10.1. The molecular formula is C16H15ClN2O3. The lowest BCUT2D eigenvalue weighted by atomic mass is 10.1. The van der Waals surface area contributed by atoms with Gasteiger partial charge in [0, 0.05) is 11.9 Å². The number of halogens is 1. The lowest BCUT2D eigenvalue weighted by Crippen LogP contribution is -2.21. The van der Waals surface area contributed by atoms with Crippen molar-refractivity contribution in [2.24, 2.45) is 0 Å². The SMILES string of the molecule is Cc1cccc(NC(=O)COC(=O)c2ccc(Cl)nc2)c1C. The van der Waals surface area contributed by atoms with Gasteiger partial charge in [-0.15, -0.1) is 0 Å². The predicted molar refractivity (Wildman–Crippen MR) is 84.1 cm³/mol. The van der Waals surface area contributed by atoms with Gasteiger partial charge >= 0.3 is 5.97 Å². The van der Waals surface area contributed by atoms with Crippen LogP contribution in [0.4, 0.5) is 5.69 Å². The third-order valence-electron chi connectivity index (χ3n) is 3.18. The molecule has 0 aliphatic rings. The van der Waals surface area contributed by atoms with Crippen molar-refractivity contribution in [2.45, 2.75) is 13.8 Å². The summed E-state index contributed by atoms with van der Waals surface area (Å²) in [5.41, 5.74) is 2.99. The Morgan fingerprint density at radius 1 is 1.23 bits per heavy atom. The van der Waals surface area contributed by atoms with Crippen molar-refractivity contribution in [1.82, 2.24) is 4.98 Å². The molecule has 0 aliphatic heterocycles. The lowest BCUT2D eigenvalue weighted by molar-refractivity contribution is -0.119. The van der Waals surface area contributed by atoms with Crippen LogP contribution in [0.5, 0.6) is 0 Å². The first kappa shape index (κ1) is 16.0. The molecule has 114 valence electrons. The van der Waals surface area contributed by atoms with Gasteiger partial charge in [0.25, 0.3) is 5.91 Å². The summed E-state index contributed by atoms with van der Waals surface area (Å²) >= 11 is 5.63. The second kappa shape index (κ2) is 7.04. The summed E-state index contributed by atoms with van der Waals surface area (Å²) in [6.45, 7) is 3.50. The standard InChI is InChI=1S/C16H15ClN2O3/c1-10-4-3-5-13(11(10)2)19-15(20)9-22-16(21)12-6-7-14(17)18-8-12/h3-8H,9H2,1-2H3,(H,19,20). The first-order valence-corrected chi connectivity index (χ1v) is 7.00. The van der Waals surface area contributed by atoms with Gasteiger partial charge in [0.2, 0.25) is 0 Å². The van der Waals surface area contributed by atoms with Gasteiger partial charge in [0.15, 0.2) is 6.61 Å². The molecular weight excluding hydrogens is 304 g/mol. The molecule has 0 unspecified atom stereocenters. The first-order chi connectivity index (χ1) is 10.5. The maximum atomic E-state index is 11.8. The quantitative estimate of drug-likeness (QED) is 0.694. The van der Waals surface area contributed by atoms with Gasteiger partial charge in [0.05, 0.1) is 5.56 Å². The Bertz CT molecular complexity index is 699. The molecule has 0 radical (unpaired) electrons. The number of carbonyl (C=O) groups is 2. The molecule has 0 saturated carbocycles. The molecule has 0 aliphatic carbocycles. The maximum Gasteiger partial charge on any atom is 0.340 e. The van der Waals surface area contributed by atoms with E-state index in [1.165, 1.54) is 18.3 Å². The van der Waals surface area contributed by atoms with Crippen LogP contribution in [0.25, 0.3) is 0 Å². The summed E-state index contributed by atoms with van der Waals surface area (Å²) < 4.78 is 4.94. The molecule has 1 N–H and O–H groups in total. The number of rotatable bonds is 4. The third kappa shape index (κ3) is 4.05. The monoisotopic (exact) mass is 318 g/mol. The van der Waals surface area contributed by atoms with Crippen molar-refractivity contribution in [3.63, 3.8) is 0 Å². The van der Waals surface area contributed by atoms with E-state index < -0.39 is 11.9 Å². The van der Waals surface area contributed by atoms with Gasteiger partial charge in [-0.05, 0) is 43.2 Å². The molecule has 0 atom stereocenters. The summed E-state index contributed by atoms with van der Waals surface area (Å²) in [6, 6.07) is 8.57. The van der Waals surface area contributed by atoms with Gasteiger partial charge in [-0.1, -0.05) is 23.7 Å². The number of aromatic nitrogens is 1. The average Bonchev–Trinajstić information content (AvgIpc) is 2.50. The summed E-state index contributed by atoms with van der Waals surface area (Å²) in [6.07, 6.45) is 1.30.